The van der Waals surface area contributed by atoms with Crippen LogP contribution in [0, 0.1) is 0 Å². The van der Waals surface area contributed by atoms with Crippen molar-refractivity contribution in [3.63, 3.8) is 0 Å². The van der Waals surface area contributed by atoms with E-state index in [2.05, 4.69) is 10.6 Å². The van der Waals surface area contributed by atoms with Crippen LogP contribution in [-0.2, 0) is 22.7 Å². The van der Waals surface area contributed by atoms with E-state index in [4.69, 9.17) is 23.2 Å². The van der Waals surface area contributed by atoms with Crippen LogP contribution >= 0.6 is 44.8 Å². The highest BCUT2D eigenvalue weighted by atomic mass is 35.5. The van der Waals surface area contributed by atoms with Crippen LogP contribution in [0.2, 0.25) is 10.0 Å². The summed E-state index contributed by atoms with van der Waals surface area (Å²) in [7, 11) is 3.19. The first-order valence-electron chi connectivity index (χ1n) is 8.81. The highest BCUT2D eigenvalue weighted by Crippen LogP contribution is 2.23. The number of carbonyl (C=O) groups is 2. The normalized spacial score (nSPS) is 10.5. The number of carbonyl (C=O) groups excluding carboxylic acids is 2. The van der Waals surface area contributed by atoms with E-state index < -0.39 is 0 Å². The Hall–Kier alpha value is -1.34. The molecule has 0 fully saturated rings. The zero-order chi connectivity index (χ0) is 20.2. The van der Waals surface area contributed by atoms with Gasteiger partial charge in [0.15, 0.2) is 0 Å². The molecular weight excluding hydrogens is 435 g/mol. The van der Waals surface area contributed by atoms with Gasteiger partial charge in [-0.25, -0.2) is 0 Å². The highest BCUT2D eigenvalue weighted by Gasteiger charge is 2.06. The molecule has 0 aromatic heterocycles. The van der Waals surface area contributed by atoms with Crippen molar-refractivity contribution in [3.8, 4) is 0 Å². The van der Waals surface area contributed by atoms with Crippen molar-refractivity contribution in [2.24, 2.45) is 0 Å². The first-order valence-corrected chi connectivity index (χ1v) is 12.1. The van der Waals surface area contributed by atoms with Crippen LogP contribution in [0.15, 0.2) is 48.5 Å². The fourth-order valence-electron chi connectivity index (χ4n) is 2.23. The lowest BCUT2D eigenvalue weighted by Crippen LogP contribution is -2.23. The molecule has 0 radical (unpaired) electrons. The summed E-state index contributed by atoms with van der Waals surface area (Å²) in [5, 5.41) is 7.04. The second kappa shape index (κ2) is 13.0. The Morgan fingerprint density at radius 2 is 1.11 bits per heavy atom. The first kappa shape index (κ1) is 22.9. The molecule has 0 atom stereocenters. The van der Waals surface area contributed by atoms with Gasteiger partial charge in [-0.1, -0.05) is 81.2 Å². The van der Waals surface area contributed by atoms with Gasteiger partial charge in [-0.3, -0.25) is 9.59 Å². The Labute approximate surface area is 183 Å². The molecular formula is C20H22Cl2N2O2S2. The van der Waals surface area contributed by atoms with Gasteiger partial charge in [0.25, 0.3) is 0 Å². The van der Waals surface area contributed by atoms with Crippen molar-refractivity contribution < 1.29 is 9.59 Å². The summed E-state index contributed by atoms with van der Waals surface area (Å²) in [5.74, 6) is 1.37. The fraction of sp³-hybridized carbons (Fsp3) is 0.300. The molecule has 8 heteroatoms. The van der Waals surface area contributed by atoms with Crippen LogP contribution in [0.25, 0.3) is 0 Å². The molecule has 2 amide bonds. The monoisotopic (exact) mass is 456 g/mol. The molecule has 0 aliphatic rings. The molecule has 28 heavy (non-hydrogen) atoms. The quantitative estimate of drug-likeness (QED) is 0.365. The summed E-state index contributed by atoms with van der Waals surface area (Å²) in [5.41, 5.74) is 1.81. The first-order chi connectivity index (χ1) is 13.6. The van der Waals surface area contributed by atoms with Crippen molar-refractivity contribution in [2.75, 3.05) is 11.5 Å². The maximum atomic E-state index is 11.9. The average molecular weight is 457 g/mol. The van der Waals surface area contributed by atoms with Gasteiger partial charge in [0.2, 0.25) is 11.8 Å². The van der Waals surface area contributed by atoms with Crippen LogP contribution in [0.3, 0.4) is 0 Å². The lowest BCUT2D eigenvalue weighted by Gasteiger charge is -2.07. The van der Waals surface area contributed by atoms with Gasteiger partial charge < -0.3 is 10.6 Å². The standard InChI is InChI=1S/C20H22Cl2N2O2S2/c21-17-7-3-1-5-15(17)13-23-19(25)9-11-27-28-12-10-20(26)24-14-16-6-2-4-8-18(16)22/h1-8H,9-14H2,(H,23,25)(H,24,26). The van der Waals surface area contributed by atoms with E-state index in [9.17, 15) is 9.59 Å². The molecule has 2 rings (SSSR count). The second-order valence-corrected chi connectivity index (χ2v) is 9.40. The molecule has 0 aliphatic heterocycles. The van der Waals surface area contributed by atoms with Gasteiger partial charge in [0, 0.05) is 47.5 Å². The summed E-state index contributed by atoms with van der Waals surface area (Å²) in [6.07, 6.45) is 0.863. The van der Waals surface area contributed by atoms with E-state index in [-0.39, 0.29) is 11.8 Å². The predicted molar refractivity (Wildman–Crippen MR) is 121 cm³/mol. The van der Waals surface area contributed by atoms with Gasteiger partial charge in [-0.2, -0.15) is 0 Å². The number of benzene rings is 2. The number of halogens is 2. The maximum absolute atomic E-state index is 11.9. The van der Waals surface area contributed by atoms with E-state index in [1.165, 1.54) is 0 Å². The molecule has 2 N–H and O–H groups in total. The molecule has 0 saturated heterocycles. The van der Waals surface area contributed by atoms with Gasteiger partial charge in [-0.05, 0) is 23.3 Å². The Kier molecular flexibility index (Phi) is 10.6. The summed E-state index contributed by atoms with van der Waals surface area (Å²) >= 11 is 12.1. The lowest BCUT2D eigenvalue weighted by atomic mass is 10.2. The van der Waals surface area contributed by atoms with Gasteiger partial charge in [-0.15, -0.1) is 0 Å². The van der Waals surface area contributed by atoms with Gasteiger partial charge >= 0.3 is 0 Å². The van der Waals surface area contributed by atoms with Crippen LogP contribution in [0.4, 0.5) is 0 Å². The second-order valence-electron chi connectivity index (χ2n) is 5.88. The summed E-state index contributed by atoms with van der Waals surface area (Å²) in [4.78, 5) is 23.7. The highest BCUT2D eigenvalue weighted by molar-refractivity contribution is 8.76. The summed E-state index contributed by atoms with van der Waals surface area (Å²) < 4.78 is 0. The van der Waals surface area contributed by atoms with Crippen LogP contribution in [0.1, 0.15) is 24.0 Å². The Balaban J connectivity index is 1.49. The van der Waals surface area contributed by atoms with Crippen molar-refractivity contribution in [3.05, 3.63) is 69.7 Å². The number of amides is 2. The number of hydrogen-bond acceptors (Lipinski definition) is 4. The van der Waals surface area contributed by atoms with E-state index in [0.717, 1.165) is 11.1 Å². The molecule has 0 saturated carbocycles. The van der Waals surface area contributed by atoms with E-state index >= 15 is 0 Å². The molecule has 2 aromatic carbocycles. The predicted octanol–water partition coefficient (Wildman–Crippen LogP) is 5.09. The molecule has 0 heterocycles. The molecule has 0 bridgehead atoms. The zero-order valence-electron chi connectivity index (χ0n) is 15.3. The molecule has 2 aromatic rings. The fourth-order valence-corrected chi connectivity index (χ4v) is 4.62. The summed E-state index contributed by atoms with van der Waals surface area (Å²) in [6, 6.07) is 14.9. The van der Waals surface area contributed by atoms with Crippen molar-refractivity contribution in [1.82, 2.24) is 10.6 Å². The number of nitrogens with one attached hydrogen (secondary N) is 2. The van der Waals surface area contributed by atoms with E-state index in [1.807, 2.05) is 36.4 Å². The van der Waals surface area contributed by atoms with Crippen LogP contribution in [0.5, 0.6) is 0 Å². The Morgan fingerprint density at radius 1 is 0.714 bits per heavy atom. The third-order valence-electron chi connectivity index (χ3n) is 3.78. The molecule has 0 spiro atoms. The summed E-state index contributed by atoms with van der Waals surface area (Å²) in [6.45, 7) is 0.865. The minimum atomic E-state index is -0.00879. The molecule has 0 unspecified atom stereocenters. The van der Waals surface area contributed by atoms with Crippen LogP contribution < -0.4 is 10.6 Å². The molecule has 0 aliphatic carbocycles. The third kappa shape index (κ3) is 8.78. The third-order valence-corrected chi connectivity index (χ3v) is 6.92. The average Bonchev–Trinajstić information content (AvgIpc) is 2.69. The Morgan fingerprint density at radius 3 is 1.50 bits per heavy atom. The van der Waals surface area contributed by atoms with Gasteiger partial charge in [0.1, 0.15) is 0 Å². The maximum Gasteiger partial charge on any atom is 0.221 e. The lowest BCUT2D eigenvalue weighted by molar-refractivity contribution is -0.121. The molecule has 4 nitrogen and oxygen atoms in total. The minimum absolute atomic E-state index is 0.00879. The van der Waals surface area contributed by atoms with Gasteiger partial charge in [0.05, 0.1) is 0 Å². The van der Waals surface area contributed by atoms with E-state index in [0.29, 0.717) is 47.5 Å². The Bertz CT molecular complexity index is 725. The van der Waals surface area contributed by atoms with Crippen molar-refractivity contribution >= 4 is 56.6 Å². The smallest absolute Gasteiger partial charge is 0.221 e. The van der Waals surface area contributed by atoms with E-state index in [1.54, 1.807) is 33.7 Å². The topological polar surface area (TPSA) is 58.2 Å². The number of hydrogen-bond donors (Lipinski definition) is 2. The van der Waals surface area contributed by atoms with Crippen LogP contribution in [-0.4, -0.2) is 23.3 Å². The minimum Gasteiger partial charge on any atom is -0.352 e. The van der Waals surface area contributed by atoms with Crippen molar-refractivity contribution in [2.45, 2.75) is 25.9 Å². The molecule has 150 valence electrons. The van der Waals surface area contributed by atoms with Crippen molar-refractivity contribution in [1.29, 1.82) is 0 Å². The zero-order valence-corrected chi connectivity index (χ0v) is 18.4. The largest absolute Gasteiger partial charge is 0.352 e. The SMILES string of the molecule is O=C(CCSSCCC(=O)NCc1ccccc1Cl)NCc1ccccc1Cl. The number of rotatable bonds is 11.